The van der Waals surface area contributed by atoms with E-state index in [4.69, 9.17) is 24.2 Å². The second kappa shape index (κ2) is 13.9. The molecule has 1 saturated carbocycles. The Hall–Kier alpha value is -3.17. The number of oxime groups is 1. The molecule has 1 aromatic carbocycles. The van der Waals surface area contributed by atoms with Crippen LogP contribution in [0.1, 0.15) is 31.2 Å². The van der Waals surface area contributed by atoms with Gasteiger partial charge in [-0.25, -0.2) is 18.4 Å². The van der Waals surface area contributed by atoms with E-state index in [2.05, 4.69) is 20.4 Å². The second-order valence-electron chi connectivity index (χ2n) is 9.05. The minimum atomic E-state index is -3.51. The van der Waals surface area contributed by atoms with E-state index in [0.29, 0.717) is 41.2 Å². The molecule has 0 spiro atoms. The van der Waals surface area contributed by atoms with Crippen molar-refractivity contribution in [1.82, 2.24) is 9.97 Å². The van der Waals surface area contributed by atoms with Gasteiger partial charge in [0.05, 0.1) is 23.4 Å². The van der Waals surface area contributed by atoms with E-state index in [1.807, 2.05) is 0 Å². The number of carbonyl (C=O) groups is 1. The van der Waals surface area contributed by atoms with E-state index in [1.165, 1.54) is 31.4 Å². The molecule has 2 N–H and O–H groups in total. The zero-order valence-corrected chi connectivity index (χ0v) is 23.9. The number of ether oxygens (including phenoxy) is 3. The van der Waals surface area contributed by atoms with Crippen LogP contribution in [0.5, 0.6) is 5.88 Å². The third kappa shape index (κ3) is 7.73. The number of fused-ring (bicyclic) bond motifs is 1. The number of benzene rings is 1. The van der Waals surface area contributed by atoms with Crippen LogP contribution in [0.4, 0.5) is 5.13 Å². The first-order valence-corrected chi connectivity index (χ1v) is 15.2. The number of amides is 1. The summed E-state index contributed by atoms with van der Waals surface area (Å²) in [5.41, 5.74) is 0.919. The molecule has 2 heterocycles. The van der Waals surface area contributed by atoms with Gasteiger partial charge in [-0.05, 0) is 37.5 Å². The smallest absolute Gasteiger partial charge is 0.280 e. The Morgan fingerprint density at radius 1 is 1.10 bits per heavy atom. The SMILES string of the molecule is COCCCS(=O)(=O)c1ccc(C(=NO[C@@H]2CC[C@@H](OC)C2)C(=O)Nc2nc3ccc(OCCO)nc3s2)cc1. The molecular weight excluding hydrogens is 560 g/mol. The Balaban J connectivity index is 1.55. The maximum Gasteiger partial charge on any atom is 0.280 e. The molecule has 0 unspecified atom stereocenters. The molecule has 216 valence electrons. The molecule has 14 heteroatoms. The van der Waals surface area contributed by atoms with Crippen molar-refractivity contribution >= 4 is 48.3 Å². The van der Waals surface area contributed by atoms with Gasteiger partial charge < -0.3 is 24.2 Å². The fourth-order valence-electron chi connectivity index (χ4n) is 4.13. The number of aliphatic hydroxyl groups is 1. The Morgan fingerprint density at radius 3 is 2.58 bits per heavy atom. The van der Waals surface area contributed by atoms with E-state index >= 15 is 0 Å². The highest BCUT2D eigenvalue weighted by Gasteiger charge is 2.27. The lowest BCUT2D eigenvalue weighted by Crippen LogP contribution is -2.25. The number of hydrogen-bond donors (Lipinski definition) is 2. The van der Waals surface area contributed by atoms with Crippen molar-refractivity contribution < 1.29 is 37.4 Å². The predicted molar refractivity (Wildman–Crippen MR) is 150 cm³/mol. The standard InChI is InChI=1S/C26H32N4O8S2/c1-35-13-3-15-40(33,34)20-8-4-17(5-9-20)23(30-38-19-7-6-18(16-19)36-2)24(32)29-26-27-21-10-11-22(37-14-12-31)28-25(21)39-26/h4-5,8-11,18-19,31H,3,6-7,12-16H2,1-2H3,(H,27,29,32)/t18-,19-/m1/s1. The number of pyridine rings is 1. The average molecular weight is 593 g/mol. The molecule has 2 aromatic heterocycles. The summed E-state index contributed by atoms with van der Waals surface area (Å²) < 4.78 is 41.0. The van der Waals surface area contributed by atoms with Crippen molar-refractivity contribution in [3.63, 3.8) is 0 Å². The number of carbonyl (C=O) groups excluding carboxylic acids is 1. The van der Waals surface area contributed by atoms with Crippen molar-refractivity contribution in [2.24, 2.45) is 5.16 Å². The number of hydrogen-bond acceptors (Lipinski definition) is 12. The number of nitrogens with one attached hydrogen (secondary N) is 1. The Morgan fingerprint density at radius 2 is 1.88 bits per heavy atom. The van der Waals surface area contributed by atoms with E-state index in [-0.39, 0.29) is 46.9 Å². The number of nitrogens with zero attached hydrogens (tertiary/aromatic N) is 3. The molecule has 3 aromatic rings. The molecule has 0 saturated heterocycles. The van der Waals surface area contributed by atoms with Gasteiger partial charge >= 0.3 is 0 Å². The summed E-state index contributed by atoms with van der Waals surface area (Å²) in [5, 5.41) is 16.2. The quantitative estimate of drug-likeness (QED) is 0.162. The highest BCUT2D eigenvalue weighted by atomic mass is 32.2. The van der Waals surface area contributed by atoms with E-state index in [0.717, 1.165) is 24.2 Å². The number of rotatable bonds is 14. The monoisotopic (exact) mass is 592 g/mol. The van der Waals surface area contributed by atoms with Crippen LogP contribution in [-0.2, 0) is 28.9 Å². The molecule has 40 heavy (non-hydrogen) atoms. The van der Waals surface area contributed by atoms with Gasteiger partial charge in [0.25, 0.3) is 5.91 Å². The summed E-state index contributed by atoms with van der Waals surface area (Å²) in [5.74, 6) is -0.291. The zero-order chi connectivity index (χ0) is 28.5. The molecule has 12 nitrogen and oxygen atoms in total. The van der Waals surface area contributed by atoms with Crippen molar-refractivity contribution in [2.45, 2.75) is 42.8 Å². The van der Waals surface area contributed by atoms with Gasteiger partial charge in [0.1, 0.15) is 23.1 Å². The van der Waals surface area contributed by atoms with Gasteiger partial charge in [-0.1, -0.05) is 28.6 Å². The van der Waals surface area contributed by atoms with E-state index in [1.54, 1.807) is 19.2 Å². The first-order chi connectivity index (χ1) is 19.3. The van der Waals surface area contributed by atoms with Crippen LogP contribution in [0.15, 0.2) is 46.4 Å². The van der Waals surface area contributed by atoms with Crippen LogP contribution in [0.25, 0.3) is 10.3 Å². The first-order valence-electron chi connectivity index (χ1n) is 12.7. The van der Waals surface area contributed by atoms with Crippen LogP contribution in [-0.4, -0.2) is 87.1 Å². The summed E-state index contributed by atoms with van der Waals surface area (Å²) in [6.45, 7) is 0.316. The average Bonchev–Trinajstić information content (AvgIpc) is 3.58. The molecule has 2 atom stereocenters. The van der Waals surface area contributed by atoms with Crippen LogP contribution in [0, 0.1) is 0 Å². The maximum absolute atomic E-state index is 13.4. The largest absolute Gasteiger partial charge is 0.475 e. The van der Waals surface area contributed by atoms with Gasteiger partial charge in [0, 0.05) is 38.9 Å². The lowest BCUT2D eigenvalue weighted by molar-refractivity contribution is -0.110. The number of sulfone groups is 1. The minimum Gasteiger partial charge on any atom is -0.475 e. The van der Waals surface area contributed by atoms with Gasteiger partial charge in [-0.2, -0.15) is 0 Å². The van der Waals surface area contributed by atoms with Gasteiger partial charge in [0.2, 0.25) is 5.88 Å². The summed E-state index contributed by atoms with van der Waals surface area (Å²) in [4.78, 5) is 28.6. The third-order valence-corrected chi connectivity index (χ3v) is 8.91. The number of methoxy groups -OCH3 is 2. The van der Waals surface area contributed by atoms with Crippen molar-refractivity contribution in [3.8, 4) is 5.88 Å². The first kappa shape index (κ1) is 29.8. The number of aliphatic hydroxyl groups excluding tert-OH is 1. The molecule has 1 fully saturated rings. The fraction of sp³-hybridized carbons (Fsp3) is 0.462. The second-order valence-corrected chi connectivity index (χ2v) is 12.1. The lowest BCUT2D eigenvalue weighted by Gasteiger charge is -2.12. The normalized spacial score (nSPS) is 17.7. The highest BCUT2D eigenvalue weighted by molar-refractivity contribution is 7.91. The number of anilines is 1. The molecule has 4 rings (SSSR count). The molecule has 1 aliphatic rings. The number of thiazole rings is 1. The predicted octanol–water partition coefficient (Wildman–Crippen LogP) is 2.80. The van der Waals surface area contributed by atoms with Gasteiger partial charge in [0.15, 0.2) is 20.7 Å². The Bertz CT molecular complexity index is 1430. The van der Waals surface area contributed by atoms with E-state index in [9.17, 15) is 13.2 Å². The highest BCUT2D eigenvalue weighted by Crippen LogP contribution is 2.27. The van der Waals surface area contributed by atoms with Crippen molar-refractivity contribution in [3.05, 3.63) is 42.0 Å². The maximum atomic E-state index is 13.4. The molecule has 0 aliphatic heterocycles. The molecule has 1 amide bonds. The summed E-state index contributed by atoms with van der Waals surface area (Å²) in [7, 11) is -0.340. The van der Waals surface area contributed by atoms with E-state index < -0.39 is 15.7 Å². The van der Waals surface area contributed by atoms with Crippen LogP contribution >= 0.6 is 11.3 Å². The topological polar surface area (TPSA) is 159 Å². The van der Waals surface area contributed by atoms with Crippen molar-refractivity contribution in [2.75, 3.05) is 45.1 Å². The Kier molecular flexibility index (Phi) is 10.4. The molecule has 0 radical (unpaired) electrons. The van der Waals surface area contributed by atoms with Gasteiger partial charge in [-0.3, -0.25) is 10.1 Å². The zero-order valence-electron chi connectivity index (χ0n) is 22.2. The molecular formula is C26H32N4O8S2. The number of aromatic nitrogens is 2. The Labute approximate surface area is 236 Å². The summed E-state index contributed by atoms with van der Waals surface area (Å²) >= 11 is 1.15. The van der Waals surface area contributed by atoms with Gasteiger partial charge in [-0.15, -0.1) is 0 Å². The summed E-state index contributed by atoms with van der Waals surface area (Å²) in [6.07, 6.45) is 2.45. The van der Waals surface area contributed by atoms with Crippen molar-refractivity contribution in [1.29, 1.82) is 0 Å². The lowest BCUT2D eigenvalue weighted by atomic mass is 10.1. The summed E-state index contributed by atoms with van der Waals surface area (Å²) in [6, 6.07) is 9.30. The van der Waals surface area contributed by atoms with Crippen LogP contribution in [0.3, 0.4) is 0 Å². The van der Waals surface area contributed by atoms with Crippen LogP contribution < -0.4 is 10.1 Å². The molecule has 1 aliphatic carbocycles. The molecule has 0 bridgehead atoms. The minimum absolute atomic E-state index is 0.0246. The third-order valence-electron chi connectivity index (χ3n) is 6.22. The fourth-order valence-corrected chi connectivity index (χ4v) is 6.24. The van der Waals surface area contributed by atoms with Crippen LogP contribution in [0.2, 0.25) is 0 Å².